The summed E-state index contributed by atoms with van der Waals surface area (Å²) in [4.78, 5) is 0. The van der Waals surface area contributed by atoms with Gasteiger partial charge in [-0.05, 0) is 38.8 Å². The minimum absolute atomic E-state index is 0.0316. The van der Waals surface area contributed by atoms with Crippen molar-refractivity contribution in [2.45, 2.75) is 67.5 Å². The van der Waals surface area contributed by atoms with Gasteiger partial charge in [-0.1, -0.05) is 85.7 Å². The molecule has 0 aromatic heterocycles. The van der Waals surface area contributed by atoms with Crippen LogP contribution in [0.2, 0.25) is 0 Å². The molecule has 2 atom stereocenters. The third-order valence-electron chi connectivity index (χ3n) is 4.76. The average molecular weight is 325 g/mol. The molecule has 0 nitrogen and oxygen atoms in total. The van der Waals surface area contributed by atoms with Crippen LogP contribution >= 0.6 is 18.5 Å². The monoisotopic (exact) mass is 324 g/mol. The Balaban J connectivity index is 2.72. The summed E-state index contributed by atoms with van der Waals surface area (Å²) in [7, 11) is -0.602. The highest BCUT2D eigenvalue weighted by Crippen LogP contribution is 2.77. The van der Waals surface area contributed by atoms with Crippen molar-refractivity contribution in [2.75, 3.05) is 0 Å². The Morgan fingerprint density at radius 1 is 0.905 bits per heavy atom. The summed E-state index contributed by atoms with van der Waals surface area (Å²) < 4.78 is 0. The van der Waals surface area contributed by atoms with E-state index in [4.69, 9.17) is 11.2 Å². The zero-order valence-corrected chi connectivity index (χ0v) is 16.7. The van der Waals surface area contributed by atoms with Crippen LogP contribution in [0.15, 0.2) is 34.7 Å². The van der Waals surface area contributed by atoms with Crippen LogP contribution in [0.4, 0.5) is 0 Å². The molecule has 2 aliphatic rings. The number of rotatable bonds is 0. The lowest BCUT2D eigenvalue weighted by Gasteiger charge is -2.57. The number of hydrogen-bond acceptors (Lipinski definition) is 0. The molecule has 1 heterocycles. The summed E-state index contributed by atoms with van der Waals surface area (Å²) in [6.07, 6.45) is 4.92. The SMILES string of the molecule is CC(C)(C)C1=CC2(C(C)(C)C)C(=CP2Cl)C(C(C)(C)C)=C1. The van der Waals surface area contributed by atoms with Crippen LogP contribution in [0.25, 0.3) is 0 Å². The van der Waals surface area contributed by atoms with Gasteiger partial charge < -0.3 is 0 Å². The first-order chi connectivity index (χ1) is 9.21. The van der Waals surface area contributed by atoms with Crippen molar-refractivity contribution in [3.05, 3.63) is 34.7 Å². The van der Waals surface area contributed by atoms with E-state index in [9.17, 15) is 0 Å². The van der Waals surface area contributed by atoms with E-state index < -0.39 is 7.27 Å². The average Bonchev–Trinajstić information content (AvgIpc) is 2.22. The van der Waals surface area contributed by atoms with Crippen LogP contribution in [0.5, 0.6) is 0 Å². The molecule has 21 heavy (non-hydrogen) atoms. The summed E-state index contributed by atoms with van der Waals surface area (Å²) in [6, 6.07) is 0. The molecule has 0 radical (unpaired) electrons. The maximum absolute atomic E-state index is 6.81. The largest absolute Gasteiger partial charge is 0.0905 e. The number of halogens is 1. The van der Waals surface area contributed by atoms with Gasteiger partial charge in [-0.2, -0.15) is 0 Å². The van der Waals surface area contributed by atoms with Crippen molar-refractivity contribution >= 4 is 18.5 Å². The fourth-order valence-electron chi connectivity index (χ4n) is 3.27. The molecule has 0 bridgehead atoms. The molecule has 1 aliphatic carbocycles. The maximum atomic E-state index is 6.81. The lowest BCUT2D eigenvalue weighted by Crippen LogP contribution is -2.48. The van der Waals surface area contributed by atoms with E-state index in [1.165, 1.54) is 16.7 Å². The van der Waals surface area contributed by atoms with Crippen molar-refractivity contribution in [2.24, 2.45) is 16.2 Å². The van der Waals surface area contributed by atoms with E-state index >= 15 is 0 Å². The molecular formula is C19H30ClP. The van der Waals surface area contributed by atoms with Crippen molar-refractivity contribution in [1.29, 1.82) is 0 Å². The van der Waals surface area contributed by atoms with E-state index in [1.807, 2.05) is 0 Å². The maximum Gasteiger partial charge on any atom is 0.0564 e. The number of fused-ring (bicyclic) bond motifs is 1. The predicted molar refractivity (Wildman–Crippen MR) is 98.1 cm³/mol. The molecule has 0 saturated carbocycles. The molecule has 118 valence electrons. The normalized spacial score (nSPS) is 30.0. The molecule has 2 heteroatoms. The van der Waals surface area contributed by atoms with Gasteiger partial charge in [0.05, 0.1) is 5.16 Å². The zero-order chi connectivity index (χ0) is 16.4. The molecule has 1 aliphatic heterocycles. The van der Waals surface area contributed by atoms with E-state index in [2.05, 4.69) is 80.3 Å². The van der Waals surface area contributed by atoms with E-state index in [0.29, 0.717) is 0 Å². The third kappa shape index (κ3) is 2.57. The van der Waals surface area contributed by atoms with Crippen LogP contribution < -0.4 is 0 Å². The van der Waals surface area contributed by atoms with Gasteiger partial charge in [0.15, 0.2) is 0 Å². The first-order valence-corrected chi connectivity index (χ1v) is 10.2. The van der Waals surface area contributed by atoms with Crippen LogP contribution in [-0.2, 0) is 0 Å². The minimum Gasteiger partial charge on any atom is -0.0905 e. The lowest BCUT2D eigenvalue weighted by molar-refractivity contribution is 0.338. The van der Waals surface area contributed by atoms with Crippen molar-refractivity contribution in [3.63, 3.8) is 0 Å². The molecule has 0 saturated heterocycles. The highest BCUT2D eigenvalue weighted by Gasteiger charge is 2.57. The first-order valence-electron chi connectivity index (χ1n) is 7.84. The molecule has 0 spiro atoms. The van der Waals surface area contributed by atoms with Gasteiger partial charge in [0.25, 0.3) is 0 Å². The fraction of sp³-hybridized carbons (Fsp3) is 0.684. The summed E-state index contributed by atoms with van der Waals surface area (Å²) in [6.45, 7) is 20.8. The number of hydrogen-bond donors (Lipinski definition) is 0. The van der Waals surface area contributed by atoms with Crippen molar-refractivity contribution in [3.8, 4) is 0 Å². The quantitative estimate of drug-likeness (QED) is 0.411. The molecule has 0 amide bonds. The van der Waals surface area contributed by atoms with Crippen molar-refractivity contribution < 1.29 is 0 Å². The first kappa shape index (κ1) is 17.3. The van der Waals surface area contributed by atoms with Crippen molar-refractivity contribution in [1.82, 2.24) is 0 Å². The predicted octanol–water partition coefficient (Wildman–Crippen LogP) is 7.26. The summed E-state index contributed by atoms with van der Waals surface area (Å²) in [5.74, 6) is 2.33. The second kappa shape index (κ2) is 4.72. The van der Waals surface area contributed by atoms with Gasteiger partial charge >= 0.3 is 0 Å². The molecule has 0 aromatic rings. The van der Waals surface area contributed by atoms with Gasteiger partial charge in [-0.15, -0.1) is 0 Å². The van der Waals surface area contributed by atoms with E-state index in [-0.39, 0.29) is 21.4 Å². The van der Waals surface area contributed by atoms with Gasteiger partial charge in [0.1, 0.15) is 0 Å². The van der Waals surface area contributed by atoms with Crippen LogP contribution in [0.3, 0.4) is 0 Å². The third-order valence-corrected chi connectivity index (χ3v) is 8.05. The molecule has 0 N–H and O–H groups in total. The Hall–Kier alpha value is -0.0600. The van der Waals surface area contributed by atoms with Gasteiger partial charge in [0, 0.05) is 7.27 Å². The van der Waals surface area contributed by atoms with Crippen LogP contribution in [0.1, 0.15) is 62.3 Å². The Morgan fingerprint density at radius 3 is 1.76 bits per heavy atom. The Bertz CT molecular complexity index is 544. The lowest BCUT2D eigenvalue weighted by atomic mass is 9.63. The topological polar surface area (TPSA) is 0 Å². The highest BCUT2D eigenvalue weighted by molar-refractivity contribution is 7.89. The fourth-order valence-corrected chi connectivity index (χ4v) is 6.63. The molecular weight excluding hydrogens is 295 g/mol. The molecule has 2 rings (SSSR count). The van der Waals surface area contributed by atoms with Crippen LogP contribution in [-0.4, -0.2) is 5.16 Å². The highest BCUT2D eigenvalue weighted by atomic mass is 35.7. The molecule has 2 unspecified atom stereocenters. The van der Waals surface area contributed by atoms with E-state index in [0.717, 1.165) is 0 Å². The Labute approximate surface area is 137 Å². The minimum atomic E-state index is -0.602. The van der Waals surface area contributed by atoms with Gasteiger partial charge in [0.2, 0.25) is 0 Å². The second-order valence-electron chi connectivity index (χ2n) is 9.53. The standard InChI is InChI=1S/C19H30ClP/c1-16(2,3)13-10-14(17(4,5)6)15-12-21(20)19(15,11-13)18(7,8)9/h10-12H,1-9H3. The van der Waals surface area contributed by atoms with Crippen LogP contribution in [0, 0.1) is 16.2 Å². The zero-order valence-electron chi connectivity index (χ0n) is 15.1. The molecule has 0 aromatic carbocycles. The molecule has 0 fully saturated rings. The number of allylic oxidation sites excluding steroid dienone is 5. The summed E-state index contributed by atoms with van der Waals surface area (Å²) in [5.41, 5.74) is 4.85. The smallest absolute Gasteiger partial charge is 0.0564 e. The summed E-state index contributed by atoms with van der Waals surface area (Å²) in [5, 5.41) is 0.0316. The van der Waals surface area contributed by atoms with Gasteiger partial charge in [-0.25, -0.2) is 0 Å². The summed E-state index contributed by atoms with van der Waals surface area (Å²) >= 11 is 6.81. The van der Waals surface area contributed by atoms with E-state index in [1.54, 1.807) is 0 Å². The van der Waals surface area contributed by atoms with Gasteiger partial charge in [-0.3, -0.25) is 0 Å². The Kier molecular flexibility index (Phi) is 3.89. The Morgan fingerprint density at radius 2 is 1.43 bits per heavy atom. The second-order valence-corrected chi connectivity index (χ2v) is 12.2.